The molecule has 158 valence electrons. The van der Waals surface area contributed by atoms with Crippen LogP contribution in [0.3, 0.4) is 0 Å². The van der Waals surface area contributed by atoms with Crippen molar-refractivity contribution in [3.8, 4) is 0 Å². The quantitative estimate of drug-likeness (QED) is 0.148. The van der Waals surface area contributed by atoms with E-state index in [1.807, 2.05) is 0 Å². The molecule has 0 radical (unpaired) electrons. The summed E-state index contributed by atoms with van der Waals surface area (Å²) in [7, 11) is 5.05. The first-order chi connectivity index (χ1) is 13.6. The average Bonchev–Trinajstić information content (AvgIpc) is 2.75. The van der Waals surface area contributed by atoms with Crippen molar-refractivity contribution in [3.05, 3.63) is 47.8 Å². The zero-order valence-electron chi connectivity index (χ0n) is 15.8. The lowest BCUT2D eigenvalue weighted by atomic mass is 10.2. The van der Waals surface area contributed by atoms with E-state index in [4.69, 9.17) is 5.84 Å². The smallest absolute Gasteiger partial charge is 0.252 e. The van der Waals surface area contributed by atoms with Crippen molar-refractivity contribution in [1.82, 2.24) is 20.6 Å². The fourth-order valence-electron chi connectivity index (χ4n) is 2.02. The molecule has 0 bridgehead atoms. The van der Waals surface area contributed by atoms with Crippen LogP contribution in [0.5, 0.6) is 0 Å². The molecule has 0 atom stereocenters. The first kappa shape index (κ1) is 24.8. The molecule has 2 amide bonds. The highest BCUT2D eigenvalue weighted by atomic mass is 35.5. The number of amides is 2. The largest absolute Gasteiger partial charge is 0.373 e. The van der Waals surface area contributed by atoms with Gasteiger partial charge in [0.2, 0.25) is 0 Å². The first-order valence-corrected chi connectivity index (χ1v) is 11.0. The van der Waals surface area contributed by atoms with Gasteiger partial charge >= 0.3 is 0 Å². The number of carbonyl (C=O) groups excluding carboxylic acids is 2. The number of rotatable bonds is 11. The number of aromatic nitrogens is 2. The molecular weight excluding hydrogens is 434 g/mol. The van der Waals surface area contributed by atoms with Crippen LogP contribution >= 0.6 is 34.0 Å². The number of hydrogen-bond donors (Lipinski definition) is 5. The monoisotopic (exact) mass is 457 g/mol. The Kier molecular flexibility index (Phi) is 11.9. The summed E-state index contributed by atoms with van der Waals surface area (Å²) >= 11 is 0. The predicted molar refractivity (Wildman–Crippen MR) is 123 cm³/mol. The van der Waals surface area contributed by atoms with Crippen molar-refractivity contribution >= 4 is 57.4 Å². The number of hydrogen-bond acceptors (Lipinski definition) is 9. The summed E-state index contributed by atoms with van der Waals surface area (Å²) in [5.74, 6) is 7.67. The Labute approximate surface area is 183 Å². The lowest BCUT2D eigenvalue weighted by Crippen LogP contribution is -2.26. The van der Waals surface area contributed by atoms with Gasteiger partial charge in [-0.3, -0.25) is 9.59 Å². The van der Waals surface area contributed by atoms with Gasteiger partial charge in [0, 0.05) is 44.0 Å². The summed E-state index contributed by atoms with van der Waals surface area (Å²) in [6.07, 6.45) is 3.01. The van der Waals surface area contributed by atoms with Crippen LogP contribution in [-0.4, -0.2) is 53.4 Å². The third kappa shape index (κ3) is 8.77. The van der Waals surface area contributed by atoms with E-state index in [0.717, 1.165) is 17.3 Å². The lowest BCUT2D eigenvalue weighted by molar-refractivity contribution is 0.0947. The number of nitrogen functional groups attached to an aromatic ring is 1. The molecule has 2 aromatic heterocycles. The van der Waals surface area contributed by atoms with E-state index in [1.54, 1.807) is 59.1 Å². The van der Waals surface area contributed by atoms with E-state index < -0.39 is 0 Å². The summed E-state index contributed by atoms with van der Waals surface area (Å²) in [5.41, 5.74) is 3.42. The van der Waals surface area contributed by atoms with Gasteiger partial charge < -0.3 is 21.4 Å². The van der Waals surface area contributed by atoms with Crippen LogP contribution < -0.4 is 27.2 Å². The molecule has 2 heterocycles. The van der Waals surface area contributed by atoms with E-state index >= 15 is 0 Å². The van der Waals surface area contributed by atoms with Crippen LogP contribution in [0.1, 0.15) is 20.7 Å². The summed E-state index contributed by atoms with van der Waals surface area (Å²) in [6, 6.07) is 6.78. The van der Waals surface area contributed by atoms with Gasteiger partial charge in [0.05, 0.1) is 11.1 Å². The Morgan fingerprint density at radius 1 is 0.897 bits per heavy atom. The third-order valence-electron chi connectivity index (χ3n) is 3.48. The van der Waals surface area contributed by atoms with Crippen LogP contribution in [0.2, 0.25) is 0 Å². The zero-order chi connectivity index (χ0) is 20.2. The number of halogens is 1. The van der Waals surface area contributed by atoms with E-state index in [0.29, 0.717) is 30.0 Å². The number of nitrogens with two attached hydrogens (primary N) is 1. The number of pyridine rings is 2. The Morgan fingerprint density at radius 3 is 1.76 bits per heavy atom. The Hall–Kier alpha value is -2.21. The van der Waals surface area contributed by atoms with Crippen molar-refractivity contribution in [2.45, 2.75) is 0 Å². The Bertz CT molecular complexity index is 698. The van der Waals surface area contributed by atoms with Crippen molar-refractivity contribution in [2.75, 3.05) is 42.4 Å². The number of carbonyl (C=O) groups is 2. The highest BCUT2D eigenvalue weighted by molar-refractivity contribution is 8.76. The molecule has 12 heteroatoms. The van der Waals surface area contributed by atoms with E-state index in [-0.39, 0.29) is 24.2 Å². The molecule has 6 N–H and O–H groups in total. The maximum absolute atomic E-state index is 12.0. The molecular formula is C17H24ClN7O2S2. The van der Waals surface area contributed by atoms with E-state index in [1.165, 1.54) is 6.20 Å². The maximum Gasteiger partial charge on any atom is 0.252 e. The third-order valence-corrected chi connectivity index (χ3v) is 5.89. The second kappa shape index (κ2) is 13.9. The zero-order valence-corrected chi connectivity index (χ0v) is 18.3. The lowest BCUT2D eigenvalue weighted by Gasteiger charge is -2.07. The van der Waals surface area contributed by atoms with Crippen LogP contribution in [-0.2, 0) is 0 Å². The number of nitrogens with zero attached hydrogens (tertiary/aromatic N) is 2. The van der Waals surface area contributed by atoms with E-state index in [9.17, 15) is 9.59 Å². The van der Waals surface area contributed by atoms with Crippen molar-refractivity contribution in [1.29, 1.82) is 0 Å². The molecule has 29 heavy (non-hydrogen) atoms. The highest BCUT2D eigenvalue weighted by Gasteiger charge is 2.06. The average molecular weight is 458 g/mol. The SMILES string of the molecule is CNc1ccc(C(=O)NCCSSCCNC(=O)c2ccc(NN)nc2)cn1.Cl. The summed E-state index contributed by atoms with van der Waals surface area (Å²) in [6.45, 7) is 1.10. The standard InChI is InChI=1S/C17H23N7O2S2.ClH/c1-19-14-4-2-12(10-22-14)16(25)20-6-8-27-28-9-7-21-17(26)13-3-5-15(24-18)23-11-13;/h2-5,10-11H,6-9,18H2,1H3,(H,19,22)(H,20,25)(H,21,26)(H,23,24);1H. The van der Waals surface area contributed by atoms with Gasteiger partial charge in [-0.25, -0.2) is 15.8 Å². The molecule has 0 saturated carbocycles. The van der Waals surface area contributed by atoms with Crippen molar-refractivity contribution in [2.24, 2.45) is 5.84 Å². The maximum atomic E-state index is 12.0. The number of anilines is 2. The Morgan fingerprint density at radius 2 is 1.38 bits per heavy atom. The highest BCUT2D eigenvalue weighted by Crippen LogP contribution is 2.19. The van der Waals surface area contributed by atoms with Crippen LogP contribution in [0.25, 0.3) is 0 Å². The first-order valence-electron chi connectivity index (χ1n) is 8.51. The van der Waals surface area contributed by atoms with Gasteiger partial charge in [0.15, 0.2) is 0 Å². The normalized spacial score (nSPS) is 9.86. The van der Waals surface area contributed by atoms with Gasteiger partial charge in [-0.15, -0.1) is 12.4 Å². The van der Waals surface area contributed by atoms with Crippen molar-refractivity contribution in [3.63, 3.8) is 0 Å². The van der Waals surface area contributed by atoms with E-state index in [2.05, 4.69) is 31.3 Å². The molecule has 0 unspecified atom stereocenters. The number of nitrogens with one attached hydrogen (secondary N) is 4. The molecule has 0 fully saturated rings. The molecule has 2 rings (SSSR count). The summed E-state index contributed by atoms with van der Waals surface area (Å²) < 4.78 is 0. The van der Waals surface area contributed by atoms with Gasteiger partial charge in [-0.1, -0.05) is 21.6 Å². The second-order valence-electron chi connectivity index (χ2n) is 5.41. The van der Waals surface area contributed by atoms with Gasteiger partial charge in [0.1, 0.15) is 11.6 Å². The van der Waals surface area contributed by atoms with Gasteiger partial charge in [-0.2, -0.15) is 0 Å². The van der Waals surface area contributed by atoms with Crippen LogP contribution in [0.15, 0.2) is 36.7 Å². The van der Waals surface area contributed by atoms with Crippen LogP contribution in [0, 0.1) is 0 Å². The fraction of sp³-hybridized carbons (Fsp3) is 0.294. The van der Waals surface area contributed by atoms with Crippen LogP contribution in [0.4, 0.5) is 11.6 Å². The molecule has 9 nitrogen and oxygen atoms in total. The Balaban J connectivity index is 0.00000420. The molecule has 0 saturated heterocycles. The molecule has 0 aliphatic rings. The minimum atomic E-state index is -0.174. The summed E-state index contributed by atoms with van der Waals surface area (Å²) in [4.78, 5) is 32.0. The van der Waals surface area contributed by atoms with Gasteiger partial charge in [0.25, 0.3) is 11.8 Å². The molecule has 0 aliphatic carbocycles. The molecule has 0 aliphatic heterocycles. The van der Waals surface area contributed by atoms with Crippen molar-refractivity contribution < 1.29 is 9.59 Å². The predicted octanol–water partition coefficient (Wildman–Crippen LogP) is 1.77. The summed E-state index contributed by atoms with van der Waals surface area (Å²) in [5, 5.41) is 8.59. The number of hydrazine groups is 1. The molecule has 2 aromatic rings. The molecule has 0 spiro atoms. The second-order valence-corrected chi connectivity index (χ2v) is 8.12. The minimum Gasteiger partial charge on any atom is -0.373 e. The topological polar surface area (TPSA) is 134 Å². The van der Waals surface area contributed by atoms with Gasteiger partial charge in [-0.05, 0) is 24.3 Å². The minimum absolute atomic E-state index is 0. The fourth-order valence-corrected chi connectivity index (χ4v) is 3.84. The molecule has 0 aromatic carbocycles.